The molecule has 0 atom stereocenters. The van der Waals surface area contributed by atoms with Gasteiger partial charge in [0.05, 0.1) is 23.3 Å². The average Bonchev–Trinajstić information content (AvgIpc) is 2.89. The van der Waals surface area contributed by atoms with Crippen LogP contribution in [0.25, 0.3) is 4.85 Å². The minimum atomic E-state index is -1.08. The summed E-state index contributed by atoms with van der Waals surface area (Å²) in [6, 6.07) is 15.2. The van der Waals surface area contributed by atoms with E-state index in [0.29, 0.717) is 11.1 Å². The van der Waals surface area contributed by atoms with Gasteiger partial charge >= 0.3 is 11.9 Å². The molecular weight excluding hydrogens is 516 g/mol. The highest BCUT2D eigenvalue weighted by molar-refractivity contribution is 5.92. The topological polar surface area (TPSA) is 80.8 Å². The first kappa shape index (κ1) is 26.6. The lowest BCUT2D eigenvalue weighted by Crippen LogP contribution is -2.12. The molecule has 192 valence electrons. The summed E-state index contributed by atoms with van der Waals surface area (Å²) in [5, 5.41) is 8.76. The number of carbonyl (C=O) groups excluding carboxylic acids is 2. The molecule has 0 aromatic heterocycles. The zero-order chi connectivity index (χ0) is 28.1. The van der Waals surface area contributed by atoms with Crippen LogP contribution in [0, 0.1) is 41.2 Å². The zero-order valence-electron chi connectivity index (χ0n) is 19.7. The molecular formula is C29H14F4N2O4. The zero-order valence-corrected chi connectivity index (χ0v) is 19.7. The van der Waals surface area contributed by atoms with Crippen LogP contribution in [0.4, 0.5) is 23.2 Å². The summed E-state index contributed by atoms with van der Waals surface area (Å²) in [4.78, 5) is 27.6. The number of hydrogen-bond acceptors (Lipinski definition) is 5. The smallest absolute Gasteiger partial charge is 0.346 e. The number of esters is 2. The van der Waals surface area contributed by atoms with Crippen LogP contribution in [0.5, 0.6) is 11.5 Å². The van der Waals surface area contributed by atoms with Gasteiger partial charge in [0.25, 0.3) is 0 Å². The van der Waals surface area contributed by atoms with Gasteiger partial charge in [-0.15, -0.1) is 0 Å². The number of nitrogens with zero attached hydrogens (tertiary/aromatic N) is 2. The highest BCUT2D eigenvalue weighted by atomic mass is 19.1. The molecule has 0 heterocycles. The van der Waals surface area contributed by atoms with E-state index < -0.39 is 46.3 Å². The molecule has 0 aliphatic carbocycles. The first-order valence-electron chi connectivity index (χ1n) is 11.1. The Kier molecular flexibility index (Phi) is 7.69. The van der Waals surface area contributed by atoms with Crippen molar-refractivity contribution in [2.75, 3.05) is 0 Å². The van der Waals surface area contributed by atoms with Gasteiger partial charge in [0.2, 0.25) is 5.69 Å². The number of ether oxygens (including phenoxy) is 2. The van der Waals surface area contributed by atoms with Crippen LogP contribution in [-0.4, -0.2) is 11.9 Å². The van der Waals surface area contributed by atoms with Crippen LogP contribution in [0.2, 0.25) is 0 Å². The summed E-state index contributed by atoms with van der Waals surface area (Å²) < 4.78 is 66.7. The monoisotopic (exact) mass is 530 g/mol. The highest BCUT2D eigenvalue weighted by Crippen LogP contribution is 2.25. The third-order valence-corrected chi connectivity index (χ3v) is 5.44. The second kappa shape index (κ2) is 11.3. The lowest BCUT2D eigenvalue weighted by Gasteiger charge is -2.09. The van der Waals surface area contributed by atoms with E-state index in [2.05, 4.69) is 4.85 Å². The van der Waals surface area contributed by atoms with Crippen molar-refractivity contribution in [1.29, 1.82) is 5.26 Å². The maximum Gasteiger partial charge on any atom is 0.346 e. The Balaban J connectivity index is 1.43. The number of halogens is 4. The number of nitriles is 1. The summed E-state index contributed by atoms with van der Waals surface area (Å²) in [7, 11) is 0. The SMILES string of the molecule is [C-]#[N+]c1ccc(OC(=O)c2ccc(Cc3ccc(C(=O)Oc4ccc(C#N)c(F)c4)c(F)c3)cc2F)cc1F. The quantitative estimate of drug-likeness (QED) is 0.120. The Bertz CT molecular complexity index is 1580. The van der Waals surface area contributed by atoms with E-state index in [1.807, 2.05) is 0 Å². The second-order valence-electron chi connectivity index (χ2n) is 8.06. The fourth-order valence-corrected chi connectivity index (χ4v) is 3.52. The lowest BCUT2D eigenvalue weighted by atomic mass is 10.0. The molecule has 4 rings (SSSR count). The van der Waals surface area contributed by atoms with Gasteiger partial charge in [-0.05, 0) is 66.1 Å². The Morgan fingerprint density at radius 1 is 0.718 bits per heavy atom. The summed E-state index contributed by atoms with van der Waals surface area (Å²) in [5.74, 6) is -6.21. The predicted molar refractivity (Wildman–Crippen MR) is 129 cm³/mol. The van der Waals surface area contributed by atoms with Crippen molar-refractivity contribution in [3.8, 4) is 17.6 Å². The maximum atomic E-state index is 14.6. The third kappa shape index (κ3) is 6.09. The molecule has 0 aliphatic heterocycles. The van der Waals surface area contributed by atoms with Gasteiger partial charge in [-0.25, -0.2) is 32.0 Å². The molecule has 10 heteroatoms. The van der Waals surface area contributed by atoms with Crippen molar-refractivity contribution in [2.45, 2.75) is 6.42 Å². The lowest BCUT2D eigenvalue weighted by molar-refractivity contribution is 0.0719. The van der Waals surface area contributed by atoms with E-state index in [1.165, 1.54) is 24.3 Å². The number of hydrogen-bond donors (Lipinski definition) is 0. The van der Waals surface area contributed by atoms with Crippen LogP contribution < -0.4 is 9.47 Å². The van der Waals surface area contributed by atoms with Crippen LogP contribution in [0.3, 0.4) is 0 Å². The number of rotatable bonds is 6. The van der Waals surface area contributed by atoms with Crippen molar-refractivity contribution in [2.24, 2.45) is 0 Å². The maximum absolute atomic E-state index is 14.6. The molecule has 0 fully saturated rings. The third-order valence-electron chi connectivity index (χ3n) is 5.44. The van der Waals surface area contributed by atoms with Gasteiger partial charge in [0.1, 0.15) is 40.8 Å². The molecule has 0 radical (unpaired) electrons. The van der Waals surface area contributed by atoms with Crippen LogP contribution in [0.1, 0.15) is 37.4 Å². The second-order valence-corrected chi connectivity index (χ2v) is 8.06. The van der Waals surface area contributed by atoms with Crippen molar-refractivity contribution in [3.05, 3.63) is 135 Å². The standard InChI is InChI=1S/C29H14F4N2O4/c1-35-27-9-6-20(14-26(27)33)39-29(37)22-8-3-17(12-25(22)32)10-16-2-7-21(24(31)11-16)28(36)38-19-5-4-18(15-34)23(30)13-19/h2-9,11-14H,10H2. The largest absolute Gasteiger partial charge is 0.423 e. The summed E-state index contributed by atoms with van der Waals surface area (Å²) in [5.41, 5.74) is -0.592. The molecule has 6 nitrogen and oxygen atoms in total. The van der Waals surface area contributed by atoms with E-state index in [-0.39, 0.29) is 29.2 Å². The molecule has 0 aliphatic rings. The van der Waals surface area contributed by atoms with E-state index in [9.17, 15) is 27.2 Å². The van der Waals surface area contributed by atoms with Crippen molar-refractivity contribution in [3.63, 3.8) is 0 Å². The van der Waals surface area contributed by atoms with Gasteiger partial charge in [-0.3, -0.25) is 0 Å². The Labute approximate surface area is 219 Å². The summed E-state index contributed by atoms with van der Waals surface area (Å²) in [6.45, 7) is 6.83. The molecule has 4 aromatic carbocycles. The van der Waals surface area contributed by atoms with Crippen LogP contribution >= 0.6 is 0 Å². The van der Waals surface area contributed by atoms with Gasteiger partial charge in [0, 0.05) is 12.1 Å². The van der Waals surface area contributed by atoms with Crippen molar-refractivity contribution >= 4 is 17.6 Å². The molecule has 39 heavy (non-hydrogen) atoms. The number of carbonyl (C=O) groups is 2. The first-order chi connectivity index (χ1) is 18.7. The number of benzene rings is 4. The van der Waals surface area contributed by atoms with E-state index in [0.717, 1.165) is 48.5 Å². The Hall–Kier alpha value is -5.48. The van der Waals surface area contributed by atoms with E-state index >= 15 is 0 Å². The molecule has 4 aromatic rings. The molecule has 0 saturated carbocycles. The summed E-state index contributed by atoms with van der Waals surface area (Å²) in [6.07, 6.45) is 0.0443. The molecule has 0 saturated heterocycles. The first-order valence-corrected chi connectivity index (χ1v) is 11.1. The highest BCUT2D eigenvalue weighted by Gasteiger charge is 2.18. The van der Waals surface area contributed by atoms with Crippen molar-refractivity contribution in [1.82, 2.24) is 0 Å². The summed E-state index contributed by atoms with van der Waals surface area (Å²) >= 11 is 0. The molecule has 0 amide bonds. The normalized spacial score (nSPS) is 10.3. The fraction of sp³-hybridized carbons (Fsp3) is 0.0345. The Morgan fingerprint density at radius 2 is 1.23 bits per heavy atom. The van der Waals surface area contributed by atoms with E-state index in [1.54, 1.807) is 6.07 Å². The molecule has 0 unspecified atom stereocenters. The van der Waals surface area contributed by atoms with Gasteiger partial charge < -0.3 is 9.47 Å². The minimum absolute atomic E-state index is 0.0443. The van der Waals surface area contributed by atoms with Crippen LogP contribution in [0.15, 0.2) is 72.8 Å². The van der Waals surface area contributed by atoms with E-state index in [4.69, 9.17) is 21.3 Å². The minimum Gasteiger partial charge on any atom is -0.423 e. The average molecular weight is 530 g/mol. The predicted octanol–water partition coefficient (Wildman–Crippen LogP) is 6.69. The van der Waals surface area contributed by atoms with Gasteiger partial charge in [-0.2, -0.15) is 5.26 Å². The molecule has 0 N–H and O–H groups in total. The molecule has 0 bridgehead atoms. The van der Waals surface area contributed by atoms with Crippen LogP contribution in [-0.2, 0) is 6.42 Å². The van der Waals surface area contributed by atoms with Gasteiger partial charge in [-0.1, -0.05) is 12.1 Å². The van der Waals surface area contributed by atoms with Gasteiger partial charge in [0.15, 0.2) is 0 Å². The molecule has 0 spiro atoms. The van der Waals surface area contributed by atoms with Crippen molar-refractivity contribution < 1.29 is 36.6 Å². The Morgan fingerprint density at radius 3 is 1.67 bits per heavy atom. The fourth-order valence-electron chi connectivity index (χ4n) is 3.52.